The summed E-state index contributed by atoms with van der Waals surface area (Å²) in [5.41, 5.74) is 7.58. The van der Waals surface area contributed by atoms with E-state index in [-0.39, 0.29) is 5.57 Å². The first-order valence-electron chi connectivity index (χ1n) is 6.54. The number of nitriles is 1. The van der Waals surface area contributed by atoms with Crippen LogP contribution in [0.4, 0.5) is 0 Å². The molecule has 1 aromatic carbocycles. The van der Waals surface area contributed by atoms with Crippen LogP contribution < -0.4 is 11.1 Å². The highest BCUT2D eigenvalue weighted by Gasteiger charge is 2.24. The molecule has 0 spiro atoms. The van der Waals surface area contributed by atoms with Gasteiger partial charge in [-0.1, -0.05) is 24.3 Å². The van der Waals surface area contributed by atoms with Crippen LogP contribution in [0.3, 0.4) is 0 Å². The van der Waals surface area contributed by atoms with Crippen molar-refractivity contribution < 1.29 is 9.53 Å². The van der Waals surface area contributed by atoms with Gasteiger partial charge >= 0.3 is 0 Å². The van der Waals surface area contributed by atoms with Gasteiger partial charge in [-0.2, -0.15) is 5.26 Å². The number of nitrogens with one attached hydrogen (secondary N) is 1. The van der Waals surface area contributed by atoms with Crippen LogP contribution in [-0.2, 0) is 9.53 Å². The van der Waals surface area contributed by atoms with Crippen molar-refractivity contribution in [3.8, 4) is 6.07 Å². The number of ether oxygens (including phenoxy) is 1. The number of hydrogen-bond donors (Lipinski definition) is 2. The molecule has 0 radical (unpaired) electrons. The first kappa shape index (κ1) is 14.8. The van der Waals surface area contributed by atoms with E-state index in [0.29, 0.717) is 36.7 Å². The molecule has 0 atom stereocenters. The van der Waals surface area contributed by atoms with Gasteiger partial charge in [-0.05, 0) is 6.42 Å². The summed E-state index contributed by atoms with van der Waals surface area (Å²) in [7, 11) is 1.59. The molecule has 0 aliphatic carbocycles. The predicted molar refractivity (Wildman–Crippen MR) is 79.2 cm³/mol. The van der Waals surface area contributed by atoms with E-state index in [1.807, 2.05) is 24.3 Å². The summed E-state index contributed by atoms with van der Waals surface area (Å²) in [5.74, 6) is -0.127. The van der Waals surface area contributed by atoms with Crippen molar-refractivity contribution in [1.29, 1.82) is 5.26 Å². The number of benzene rings is 1. The Morgan fingerprint density at radius 3 is 2.81 bits per heavy atom. The van der Waals surface area contributed by atoms with Gasteiger partial charge in [0.05, 0.1) is 5.70 Å². The van der Waals surface area contributed by atoms with Crippen molar-refractivity contribution in [3.63, 3.8) is 0 Å². The number of amidine groups is 1. The SMILES string of the molecule is COCCCNC(=O)/C(C#N)=C1\N=C(N)c2ccccc21. The van der Waals surface area contributed by atoms with Gasteiger partial charge in [0.15, 0.2) is 0 Å². The molecular formula is C15H16N4O2. The van der Waals surface area contributed by atoms with E-state index in [0.717, 1.165) is 5.56 Å². The maximum absolute atomic E-state index is 12.1. The van der Waals surface area contributed by atoms with E-state index in [9.17, 15) is 10.1 Å². The van der Waals surface area contributed by atoms with E-state index in [2.05, 4.69) is 10.3 Å². The maximum Gasteiger partial charge on any atom is 0.264 e. The quantitative estimate of drug-likeness (QED) is 0.474. The minimum absolute atomic E-state index is 0.0275. The summed E-state index contributed by atoms with van der Waals surface area (Å²) in [6, 6.07) is 9.18. The highest BCUT2D eigenvalue weighted by Crippen LogP contribution is 2.29. The van der Waals surface area contributed by atoms with Crippen LogP contribution in [-0.4, -0.2) is 32.0 Å². The Balaban J connectivity index is 2.25. The van der Waals surface area contributed by atoms with Crippen LogP contribution in [0.5, 0.6) is 0 Å². The monoisotopic (exact) mass is 284 g/mol. The van der Waals surface area contributed by atoms with Crippen molar-refractivity contribution >= 4 is 17.4 Å². The van der Waals surface area contributed by atoms with Crippen LogP contribution in [0.15, 0.2) is 34.8 Å². The lowest BCUT2D eigenvalue weighted by molar-refractivity contribution is -0.117. The van der Waals surface area contributed by atoms with Crippen molar-refractivity contribution in [2.24, 2.45) is 10.7 Å². The largest absolute Gasteiger partial charge is 0.385 e. The second kappa shape index (κ2) is 6.68. The fourth-order valence-corrected chi connectivity index (χ4v) is 2.06. The van der Waals surface area contributed by atoms with Crippen molar-refractivity contribution in [2.45, 2.75) is 6.42 Å². The molecule has 0 unspecified atom stereocenters. The fraction of sp³-hybridized carbons (Fsp3) is 0.267. The molecule has 1 aliphatic heterocycles. The average molecular weight is 284 g/mol. The van der Waals surface area contributed by atoms with E-state index < -0.39 is 5.91 Å². The number of carbonyl (C=O) groups excluding carboxylic acids is 1. The summed E-state index contributed by atoms with van der Waals surface area (Å²) >= 11 is 0. The number of aliphatic imine (C=N–C) groups is 1. The molecule has 1 aromatic rings. The third-order valence-corrected chi connectivity index (χ3v) is 3.08. The molecule has 2 rings (SSSR count). The first-order valence-corrected chi connectivity index (χ1v) is 6.54. The van der Waals surface area contributed by atoms with Gasteiger partial charge in [-0.3, -0.25) is 4.79 Å². The van der Waals surface area contributed by atoms with Gasteiger partial charge in [0.2, 0.25) is 0 Å². The molecule has 0 fully saturated rings. The molecule has 0 saturated carbocycles. The molecule has 0 aromatic heterocycles. The number of methoxy groups -OCH3 is 1. The zero-order valence-electron chi connectivity index (χ0n) is 11.7. The Bertz CT molecular complexity index is 656. The lowest BCUT2D eigenvalue weighted by Gasteiger charge is -2.05. The summed E-state index contributed by atoms with van der Waals surface area (Å²) < 4.78 is 4.90. The molecule has 0 bridgehead atoms. The van der Waals surface area contributed by atoms with Gasteiger partial charge in [0, 0.05) is 31.4 Å². The van der Waals surface area contributed by atoms with Crippen molar-refractivity contribution in [2.75, 3.05) is 20.3 Å². The summed E-state index contributed by atoms with van der Waals surface area (Å²) in [5, 5.41) is 11.9. The molecule has 1 aliphatic rings. The summed E-state index contributed by atoms with van der Waals surface area (Å²) in [6.45, 7) is 0.985. The number of carbonyl (C=O) groups is 1. The minimum atomic E-state index is -0.447. The fourth-order valence-electron chi connectivity index (χ4n) is 2.06. The Morgan fingerprint density at radius 1 is 1.43 bits per heavy atom. The standard InChI is InChI=1S/C15H16N4O2/c1-21-8-4-7-18-15(20)12(9-16)13-10-5-2-3-6-11(10)14(17)19-13/h2-3,5-6H,4,7-8H2,1H3,(H2,17,19)(H,18,20)/b13-12-. The normalized spacial score (nSPS) is 15.0. The molecule has 1 amide bonds. The zero-order chi connectivity index (χ0) is 15.2. The van der Waals surface area contributed by atoms with Gasteiger partial charge in [-0.25, -0.2) is 4.99 Å². The van der Waals surface area contributed by atoms with Gasteiger partial charge in [-0.15, -0.1) is 0 Å². The number of nitrogens with zero attached hydrogens (tertiary/aromatic N) is 2. The number of nitrogens with two attached hydrogens (primary N) is 1. The topological polar surface area (TPSA) is 100 Å². The second-order valence-corrected chi connectivity index (χ2v) is 4.48. The Kier molecular flexibility index (Phi) is 4.69. The molecule has 21 heavy (non-hydrogen) atoms. The molecule has 3 N–H and O–H groups in total. The van der Waals surface area contributed by atoms with E-state index in [1.165, 1.54) is 0 Å². The molecule has 0 saturated heterocycles. The smallest absolute Gasteiger partial charge is 0.264 e. The highest BCUT2D eigenvalue weighted by atomic mass is 16.5. The lowest BCUT2D eigenvalue weighted by Crippen LogP contribution is -2.26. The average Bonchev–Trinajstić information content (AvgIpc) is 2.82. The van der Waals surface area contributed by atoms with E-state index in [1.54, 1.807) is 13.2 Å². The number of rotatable bonds is 5. The van der Waals surface area contributed by atoms with E-state index >= 15 is 0 Å². The van der Waals surface area contributed by atoms with Crippen molar-refractivity contribution in [3.05, 3.63) is 41.0 Å². The zero-order valence-corrected chi connectivity index (χ0v) is 11.7. The summed E-state index contributed by atoms with van der Waals surface area (Å²) in [6.07, 6.45) is 0.679. The van der Waals surface area contributed by atoms with Crippen molar-refractivity contribution in [1.82, 2.24) is 5.32 Å². The number of hydrogen-bond acceptors (Lipinski definition) is 5. The maximum atomic E-state index is 12.1. The molecule has 6 nitrogen and oxygen atoms in total. The van der Waals surface area contributed by atoms with Gasteiger partial charge in [0.25, 0.3) is 5.91 Å². The third kappa shape index (κ3) is 3.09. The van der Waals surface area contributed by atoms with E-state index in [4.69, 9.17) is 10.5 Å². The molecular weight excluding hydrogens is 268 g/mol. The highest BCUT2D eigenvalue weighted by molar-refractivity contribution is 6.14. The lowest BCUT2D eigenvalue weighted by atomic mass is 10.0. The molecule has 108 valence electrons. The number of fused-ring (bicyclic) bond motifs is 1. The first-order chi connectivity index (χ1) is 10.2. The van der Waals surface area contributed by atoms with Crippen LogP contribution in [0.2, 0.25) is 0 Å². The Morgan fingerprint density at radius 2 is 2.14 bits per heavy atom. The summed E-state index contributed by atoms with van der Waals surface area (Å²) in [4.78, 5) is 16.3. The van der Waals surface area contributed by atoms with Crippen LogP contribution in [0, 0.1) is 11.3 Å². The van der Waals surface area contributed by atoms with Gasteiger partial charge in [0.1, 0.15) is 17.5 Å². The molecule has 6 heteroatoms. The minimum Gasteiger partial charge on any atom is -0.385 e. The second-order valence-electron chi connectivity index (χ2n) is 4.48. The predicted octanol–water partition coefficient (Wildman–Crippen LogP) is 0.793. The van der Waals surface area contributed by atoms with Crippen LogP contribution in [0.1, 0.15) is 17.5 Å². The van der Waals surface area contributed by atoms with Crippen LogP contribution in [0.25, 0.3) is 5.70 Å². The third-order valence-electron chi connectivity index (χ3n) is 3.08. The number of amides is 1. The van der Waals surface area contributed by atoms with Crippen LogP contribution >= 0.6 is 0 Å². The Labute approximate surface area is 122 Å². The molecule has 1 heterocycles. The van der Waals surface area contributed by atoms with Gasteiger partial charge < -0.3 is 15.8 Å². The Hall–Kier alpha value is -2.65.